The molecule has 1 heterocycles. The van der Waals surface area contributed by atoms with Gasteiger partial charge in [0.15, 0.2) is 5.17 Å². The molecular formula is C15H28N2S. The number of nitrogens with zero attached hydrogens (tertiary/aromatic N) is 1. The zero-order valence-corrected chi connectivity index (χ0v) is 13.1. The Morgan fingerprint density at radius 2 is 2.11 bits per heavy atom. The van der Waals surface area contributed by atoms with E-state index in [0.29, 0.717) is 16.7 Å². The molecule has 0 spiro atoms. The largest absolute Gasteiger partial charge is 0.362 e. The molecule has 0 aromatic rings. The highest BCUT2D eigenvalue weighted by Gasteiger charge is 2.28. The van der Waals surface area contributed by atoms with Crippen LogP contribution < -0.4 is 5.32 Å². The third-order valence-electron chi connectivity index (χ3n) is 3.69. The SMILES string of the molecule is CCC(CC1CC1)NC1=NCC(CC(C)(C)C)S1. The molecule has 104 valence electrons. The summed E-state index contributed by atoms with van der Waals surface area (Å²) in [4.78, 5) is 4.69. The summed E-state index contributed by atoms with van der Waals surface area (Å²) in [6.45, 7) is 10.2. The second kappa shape index (κ2) is 5.85. The average molecular weight is 268 g/mol. The third kappa shape index (κ3) is 4.83. The van der Waals surface area contributed by atoms with Crippen molar-refractivity contribution >= 4 is 16.9 Å². The predicted molar refractivity (Wildman–Crippen MR) is 82.3 cm³/mol. The molecule has 2 atom stereocenters. The van der Waals surface area contributed by atoms with Gasteiger partial charge in [-0.3, -0.25) is 4.99 Å². The lowest BCUT2D eigenvalue weighted by molar-refractivity contribution is 0.375. The van der Waals surface area contributed by atoms with Crippen LogP contribution in [0.4, 0.5) is 0 Å². The van der Waals surface area contributed by atoms with Crippen LogP contribution in [0.5, 0.6) is 0 Å². The Morgan fingerprint density at radius 3 is 2.67 bits per heavy atom. The molecule has 2 rings (SSSR count). The second-order valence-electron chi connectivity index (χ2n) is 7.08. The smallest absolute Gasteiger partial charge is 0.157 e. The maximum atomic E-state index is 4.69. The summed E-state index contributed by atoms with van der Waals surface area (Å²) in [5, 5.41) is 5.56. The molecule has 2 nitrogen and oxygen atoms in total. The molecule has 1 fully saturated rings. The molecule has 1 N–H and O–H groups in total. The molecule has 0 bridgehead atoms. The summed E-state index contributed by atoms with van der Waals surface area (Å²) in [5.41, 5.74) is 0.417. The van der Waals surface area contributed by atoms with Gasteiger partial charge in [-0.15, -0.1) is 0 Å². The van der Waals surface area contributed by atoms with Gasteiger partial charge in [-0.1, -0.05) is 52.3 Å². The van der Waals surface area contributed by atoms with Crippen molar-refractivity contribution in [1.29, 1.82) is 0 Å². The van der Waals surface area contributed by atoms with Gasteiger partial charge in [0.25, 0.3) is 0 Å². The molecule has 0 radical (unpaired) electrons. The Morgan fingerprint density at radius 1 is 1.39 bits per heavy atom. The number of amidine groups is 1. The normalized spacial score (nSPS) is 26.0. The number of aliphatic imine (C=N–C) groups is 1. The zero-order chi connectivity index (χ0) is 13.2. The molecule has 3 heteroatoms. The Kier molecular flexibility index (Phi) is 4.63. The van der Waals surface area contributed by atoms with E-state index in [2.05, 4.69) is 38.0 Å². The highest BCUT2D eigenvalue weighted by Crippen LogP contribution is 2.35. The fourth-order valence-electron chi connectivity index (χ4n) is 2.54. The van der Waals surface area contributed by atoms with Crippen molar-refractivity contribution in [3.05, 3.63) is 0 Å². The maximum Gasteiger partial charge on any atom is 0.157 e. The first-order valence-electron chi connectivity index (χ1n) is 7.44. The van der Waals surface area contributed by atoms with Gasteiger partial charge in [-0.2, -0.15) is 0 Å². The van der Waals surface area contributed by atoms with E-state index >= 15 is 0 Å². The van der Waals surface area contributed by atoms with Crippen LogP contribution in [0, 0.1) is 11.3 Å². The first-order valence-corrected chi connectivity index (χ1v) is 8.32. The van der Waals surface area contributed by atoms with Crippen molar-refractivity contribution in [1.82, 2.24) is 5.32 Å². The van der Waals surface area contributed by atoms with Crippen LogP contribution in [-0.2, 0) is 0 Å². The van der Waals surface area contributed by atoms with E-state index < -0.39 is 0 Å². The number of rotatable bonds is 5. The minimum absolute atomic E-state index is 0.417. The summed E-state index contributed by atoms with van der Waals surface area (Å²) in [7, 11) is 0. The lowest BCUT2D eigenvalue weighted by Gasteiger charge is -2.22. The summed E-state index contributed by atoms with van der Waals surface area (Å²) in [6.07, 6.45) is 6.72. The molecule has 2 aliphatic rings. The molecule has 0 saturated heterocycles. The maximum absolute atomic E-state index is 4.69. The highest BCUT2D eigenvalue weighted by atomic mass is 32.2. The van der Waals surface area contributed by atoms with Crippen LogP contribution in [0.1, 0.15) is 59.8 Å². The zero-order valence-electron chi connectivity index (χ0n) is 12.3. The second-order valence-corrected chi connectivity index (χ2v) is 8.37. The van der Waals surface area contributed by atoms with Gasteiger partial charge in [0.1, 0.15) is 0 Å². The number of hydrogen-bond acceptors (Lipinski definition) is 3. The van der Waals surface area contributed by atoms with Crippen LogP contribution >= 0.6 is 11.8 Å². The molecule has 0 aromatic heterocycles. The standard InChI is InChI=1S/C15H28N2S/c1-5-12(8-11-6-7-11)17-14-16-10-13(18-14)9-15(2,3)4/h11-13H,5-10H2,1-4H3,(H,16,17). The molecule has 2 unspecified atom stereocenters. The van der Waals surface area contributed by atoms with Crippen molar-refractivity contribution in [3.63, 3.8) is 0 Å². The van der Waals surface area contributed by atoms with Crippen LogP contribution in [0.2, 0.25) is 0 Å². The van der Waals surface area contributed by atoms with E-state index in [1.54, 1.807) is 0 Å². The number of hydrogen-bond donors (Lipinski definition) is 1. The number of nitrogens with one attached hydrogen (secondary N) is 1. The monoisotopic (exact) mass is 268 g/mol. The Balaban J connectivity index is 1.73. The lowest BCUT2D eigenvalue weighted by Crippen LogP contribution is -2.32. The molecular weight excluding hydrogens is 240 g/mol. The van der Waals surface area contributed by atoms with Crippen LogP contribution in [0.25, 0.3) is 0 Å². The first-order chi connectivity index (χ1) is 8.46. The third-order valence-corrected chi connectivity index (χ3v) is 4.81. The van der Waals surface area contributed by atoms with E-state index in [4.69, 9.17) is 0 Å². The van der Waals surface area contributed by atoms with Gasteiger partial charge in [-0.05, 0) is 30.6 Å². The van der Waals surface area contributed by atoms with Gasteiger partial charge in [0.05, 0.1) is 6.54 Å². The van der Waals surface area contributed by atoms with E-state index in [0.717, 1.165) is 12.5 Å². The summed E-state index contributed by atoms with van der Waals surface area (Å²) < 4.78 is 0. The van der Waals surface area contributed by atoms with Crippen LogP contribution in [-0.4, -0.2) is 23.0 Å². The topological polar surface area (TPSA) is 24.4 Å². The van der Waals surface area contributed by atoms with Gasteiger partial charge in [0.2, 0.25) is 0 Å². The van der Waals surface area contributed by atoms with Gasteiger partial charge >= 0.3 is 0 Å². The van der Waals surface area contributed by atoms with E-state index in [1.807, 2.05) is 11.8 Å². The predicted octanol–water partition coefficient (Wildman–Crippen LogP) is 4.06. The minimum atomic E-state index is 0.417. The quantitative estimate of drug-likeness (QED) is 0.813. The average Bonchev–Trinajstić information content (AvgIpc) is 2.97. The first kappa shape index (κ1) is 14.2. The summed E-state index contributed by atoms with van der Waals surface area (Å²) in [5.74, 6) is 1.000. The van der Waals surface area contributed by atoms with Gasteiger partial charge in [0, 0.05) is 11.3 Å². The van der Waals surface area contributed by atoms with Gasteiger partial charge in [-0.25, -0.2) is 0 Å². The Hall–Kier alpha value is -0.180. The van der Waals surface area contributed by atoms with Crippen LogP contribution in [0.15, 0.2) is 4.99 Å². The van der Waals surface area contributed by atoms with Gasteiger partial charge < -0.3 is 5.32 Å². The van der Waals surface area contributed by atoms with Crippen molar-refractivity contribution in [3.8, 4) is 0 Å². The molecule has 1 aliphatic heterocycles. The molecule has 0 amide bonds. The minimum Gasteiger partial charge on any atom is -0.362 e. The molecule has 1 aliphatic carbocycles. The lowest BCUT2D eigenvalue weighted by atomic mass is 9.90. The van der Waals surface area contributed by atoms with Crippen LogP contribution in [0.3, 0.4) is 0 Å². The fourth-order valence-corrected chi connectivity index (χ4v) is 3.98. The fraction of sp³-hybridized carbons (Fsp3) is 0.933. The highest BCUT2D eigenvalue weighted by molar-refractivity contribution is 8.14. The van der Waals surface area contributed by atoms with E-state index in [9.17, 15) is 0 Å². The van der Waals surface area contributed by atoms with Crippen molar-refractivity contribution in [2.45, 2.75) is 71.1 Å². The van der Waals surface area contributed by atoms with E-state index in [-0.39, 0.29) is 0 Å². The van der Waals surface area contributed by atoms with Crippen molar-refractivity contribution in [2.75, 3.05) is 6.54 Å². The van der Waals surface area contributed by atoms with Crippen molar-refractivity contribution < 1.29 is 0 Å². The molecule has 1 saturated carbocycles. The molecule has 0 aromatic carbocycles. The summed E-state index contributed by atoms with van der Waals surface area (Å²) in [6, 6.07) is 0.650. The Labute approximate surface area is 116 Å². The Bertz CT molecular complexity index is 302. The van der Waals surface area contributed by atoms with E-state index in [1.165, 1.54) is 37.3 Å². The summed E-state index contributed by atoms with van der Waals surface area (Å²) >= 11 is 1.97. The number of thioether (sulfide) groups is 1. The molecule has 18 heavy (non-hydrogen) atoms. The van der Waals surface area contributed by atoms with Crippen molar-refractivity contribution in [2.24, 2.45) is 16.3 Å².